The summed E-state index contributed by atoms with van der Waals surface area (Å²) in [4.78, 5) is 12.2. The molecule has 2 heterocycles. The highest BCUT2D eigenvalue weighted by Crippen LogP contribution is 2.18. The van der Waals surface area contributed by atoms with Crippen molar-refractivity contribution in [3.05, 3.63) is 71.2 Å². The topological polar surface area (TPSA) is 105 Å². The van der Waals surface area contributed by atoms with Gasteiger partial charge in [-0.1, -0.05) is 12.1 Å². The van der Waals surface area contributed by atoms with Gasteiger partial charge in [0.1, 0.15) is 12.1 Å². The second-order valence-electron chi connectivity index (χ2n) is 4.75. The quantitative estimate of drug-likeness (QED) is 0.425. The van der Waals surface area contributed by atoms with Gasteiger partial charge in [0.2, 0.25) is 5.82 Å². The third kappa shape index (κ3) is 3.31. The van der Waals surface area contributed by atoms with Crippen LogP contribution in [0.5, 0.6) is 0 Å². The van der Waals surface area contributed by atoms with Crippen molar-refractivity contribution < 1.29 is 18.7 Å². The van der Waals surface area contributed by atoms with Gasteiger partial charge in [-0.25, -0.2) is 4.39 Å². The van der Waals surface area contributed by atoms with Crippen LogP contribution in [0.3, 0.4) is 0 Å². The number of carbonyl (C=O) groups excluding carboxylic acids is 1. The Kier molecular flexibility index (Phi) is 3.96. The van der Waals surface area contributed by atoms with Gasteiger partial charge in [-0.3, -0.25) is 4.79 Å². The van der Waals surface area contributed by atoms with E-state index < -0.39 is 11.5 Å². The minimum atomic E-state index is -0.479. The molecule has 0 radical (unpaired) electrons. The number of aliphatic hydroxyl groups is 1. The highest BCUT2D eigenvalue weighted by Gasteiger charge is 2.15. The number of allylic oxidation sites excluding steroid dienone is 1. The smallest absolute Gasteiger partial charge is 0.239 e. The molecule has 0 bridgehead atoms. The lowest BCUT2D eigenvalue weighted by molar-refractivity contribution is 0.104. The van der Waals surface area contributed by atoms with Gasteiger partial charge in [0.15, 0.2) is 11.5 Å². The monoisotopic (exact) mass is 314 g/mol. The summed E-state index contributed by atoms with van der Waals surface area (Å²) in [6.07, 6.45) is 3.99. The van der Waals surface area contributed by atoms with E-state index in [-0.39, 0.29) is 17.2 Å². The van der Waals surface area contributed by atoms with Crippen LogP contribution in [-0.2, 0) is 6.42 Å². The largest absolute Gasteiger partial charge is 0.504 e. The van der Waals surface area contributed by atoms with Crippen LogP contribution >= 0.6 is 0 Å². The fourth-order valence-electron chi connectivity index (χ4n) is 2.08. The van der Waals surface area contributed by atoms with Gasteiger partial charge in [-0.05, 0) is 22.9 Å². The average Bonchev–Trinajstić information content (AvgIpc) is 3.18. The van der Waals surface area contributed by atoms with E-state index in [1.807, 2.05) is 0 Å². The van der Waals surface area contributed by atoms with Gasteiger partial charge in [-0.15, -0.1) is 10.2 Å². The maximum Gasteiger partial charge on any atom is 0.239 e. The summed E-state index contributed by atoms with van der Waals surface area (Å²) in [5.74, 6) is -1.34. The van der Waals surface area contributed by atoms with Crippen LogP contribution in [0.15, 0.2) is 47.3 Å². The lowest BCUT2D eigenvalue weighted by Crippen LogP contribution is -2.01. The Balaban J connectivity index is 1.83. The first-order valence-electron chi connectivity index (χ1n) is 6.62. The van der Waals surface area contributed by atoms with Crippen LogP contribution in [0.2, 0.25) is 0 Å². The second-order valence-corrected chi connectivity index (χ2v) is 4.75. The van der Waals surface area contributed by atoms with Crippen LogP contribution in [0.4, 0.5) is 4.39 Å². The molecule has 0 aliphatic heterocycles. The molecule has 8 heteroatoms. The second kappa shape index (κ2) is 6.22. The minimum absolute atomic E-state index is 0.0893. The normalized spacial score (nSPS) is 11.6. The Bertz CT molecular complexity index is 855. The number of rotatable bonds is 5. The summed E-state index contributed by atoms with van der Waals surface area (Å²) in [6.45, 7) is 0. The number of H-pyrrole nitrogens is 1. The van der Waals surface area contributed by atoms with E-state index in [2.05, 4.69) is 20.6 Å². The number of aromatic nitrogens is 4. The molecule has 2 N–H and O–H groups in total. The molecule has 0 aliphatic carbocycles. The van der Waals surface area contributed by atoms with Gasteiger partial charge < -0.3 is 9.52 Å². The molecular weight excluding hydrogens is 303 g/mol. The first-order chi connectivity index (χ1) is 11.1. The molecule has 0 unspecified atom stereocenters. The molecule has 0 fully saturated rings. The molecule has 116 valence electrons. The van der Waals surface area contributed by atoms with Crippen molar-refractivity contribution in [1.82, 2.24) is 20.6 Å². The Labute approximate surface area is 129 Å². The predicted octanol–water partition coefficient (Wildman–Crippen LogP) is 2.30. The lowest BCUT2D eigenvalue weighted by Gasteiger charge is -2.01. The summed E-state index contributed by atoms with van der Waals surface area (Å²) < 4.78 is 18.3. The molecule has 0 aliphatic rings. The van der Waals surface area contributed by atoms with Crippen LogP contribution in [0.25, 0.3) is 5.76 Å². The summed E-state index contributed by atoms with van der Waals surface area (Å²) in [5, 5.41) is 22.4. The minimum Gasteiger partial charge on any atom is -0.504 e. The third-order valence-electron chi connectivity index (χ3n) is 3.13. The summed E-state index contributed by atoms with van der Waals surface area (Å²) >= 11 is 0. The number of nitrogens with zero attached hydrogens (tertiary/aromatic N) is 3. The number of furan rings is 1. The van der Waals surface area contributed by atoms with Crippen molar-refractivity contribution in [1.29, 1.82) is 0 Å². The molecule has 3 aromatic rings. The zero-order valence-corrected chi connectivity index (χ0v) is 11.7. The van der Waals surface area contributed by atoms with E-state index in [1.54, 1.807) is 12.1 Å². The molecule has 0 spiro atoms. The van der Waals surface area contributed by atoms with Gasteiger partial charge in [0, 0.05) is 18.1 Å². The van der Waals surface area contributed by atoms with Gasteiger partial charge in [0.05, 0.1) is 11.8 Å². The maximum atomic E-state index is 13.2. The lowest BCUT2D eigenvalue weighted by atomic mass is 10.0. The fourth-order valence-corrected chi connectivity index (χ4v) is 2.08. The summed E-state index contributed by atoms with van der Waals surface area (Å²) in [6, 6.07) is 6.07. The van der Waals surface area contributed by atoms with Crippen molar-refractivity contribution >= 4 is 11.5 Å². The Morgan fingerprint density at radius 1 is 1.39 bits per heavy atom. The van der Waals surface area contributed by atoms with Crippen LogP contribution in [-0.4, -0.2) is 31.5 Å². The number of hydrogen-bond donors (Lipinski definition) is 2. The first kappa shape index (κ1) is 14.6. The number of nitrogens with one attached hydrogen (secondary N) is 1. The van der Waals surface area contributed by atoms with E-state index in [0.29, 0.717) is 17.5 Å². The molecule has 0 saturated heterocycles. The van der Waals surface area contributed by atoms with Crippen LogP contribution in [0.1, 0.15) is 27.3 Å². The highest BCUT2D eigenvalue weighted by molar-refractivity contribution is 6.08. The van der Waals surface area contributed by atoms with E-state index >= 15 is 0 Å². The van der Waals surface area contributed by atoms with Crippen LogP contribution < -0.4 is 0 Å². The third-order valence-corrected chi connectivity index (χ3v) is 3.13. The Morgan fingerprint density at radius 2 is 2.26 bits per heavy atom. The average molecular weight is 314 g/mol. The number of ketones is 1. The van der Waals surface area contributed by atoms with Gasteiger partial charge in [0.25, 0.3) is 0 Å². The van der Waals surface area contributed by atoms with Gasteiger partial charge >= 0.3 is 0 Å². The number of aromatic amines is 1. The maximum absolute atomic E-state index is 13.2. The number of halogens is 1. The number of tetrazole rings is 1. The first-order valence-corrected chi connectivity index (χ1v) is 6.62. The van der Waals surface area contributed by atoms with Crippen molar-refractivity contribution in [2.24, 2.45) is 0 Å². The number of benzene rings is 1. The zero-order chi connectivity index (χ0) is 16.2. The molecule has 3 rings (SSSR count). The number of carbonyl (C=O) groups is 1. The van der Waals surface area contributed by atoms with Gasteiger partial charge in [-0.2, -0.15) is 5.21 Å². The van der Waals surface area contributed by atoms with Crippen molar-refractivity contribution in [2.45, 2.75) is 6.42 Å². The highest BCUT2D eigenvalue weighted by atomic mass is 19.1. The molecule has 23 heavy (non-hydrogen) atoms. The van der Waals surface area contributed by atoms with E-state index in [0.717, 1.165) is 6.08 Å². The molecule has 2 aromatic heterocycles. The fraction of sp³-hybridized carbons (Fsp3) is 0.0667. The van der Waals surface area contributed by atoms with Crippen molar-refractivity contribution in [2.75, 3.05) is 0 Å². The van der Waals surface area contributed by atoms with Crippen molar-refractivity contribution in [3.63, 3.8) is 0 Å². The zero-order valence-electron chi connectivity index (χ0n) is 11.7. The molecular formula is C15H11FN4O3. The SMILES string of the molecule is O=C(C=C(O)c1nn[nH]n1)c1cocc1Cc1cccc(F)c1. The molecule has 7 nitrogen and oxygen atoms in total. The number of hydrogen-bond acceptors (Lipinski definition) is 6. The van der Waals surface area contributed by atoms with E-state index in [1.165, 1.54) is 24.7 Å². The Hall–Kier alpha value is -3.29. The van der Waals surface area contributed by atoms with Crippen LogP contribution in [0, 0.1) is 5.82 Å². The van der Waals surface area contributed by atoms with Crippen molar-refractivity contribution in [3.8, 4) is 0 Å². The Morgan fingerprint density at radius 3 is 3.00 bits per heavy atom. The number of aliphatic hydroxyl groups excluding tert-OH is 1. The summed E-state index contributed by atoms with van der Waals surface area (Å²) in [5.41, 5.74) is 1.55. The standard InChI is InChI=1S/C15H11FN4O3/c16-11-3-1-2-9(5-11)4-10-7-23-8-12(10)13(21)6-14(22)15-17-19-20-18-15/h1-3,5-8,22H,4H2,(H,17,18,19,20). The van der Waals surface area contributed by atoms with E-state index in [4.69, 9.17) is 4.42 Å². The summed E-state index contributed by atoms with van der Waals surface area (Å²) in [7, 11) is 0. The predicted molar refractivity (Wildman–Crippen MR) is 77.0 cm³/mol. The molecule has 1 aromatic carbocycles. The molecule has 0 amide bonds. The molecule has 0 saturated carbocycles. The van der Waals surface area contributed by atoms with E-state index in [9.17, 15) is 14.3 Å². The molecule has 0 atom stereocenters.